The van der Waals surface area contributed by atoms with E-state index < -0.39 is 5.91 Å². The molecule has 3 heterocycles. The molecule has 3 aromatic rings. The van der Waals surface area contributed by atoms with Gasteiger partial charge in [0.15, 0.2) is 5.76 Å². The van der Waals surface area contributed by atoms with Gasteiger partial charge >= 0.3 is 0 Å². The highest BCUT2D eigenvalue weighted by Gasteiger charge is 2.25. The van der Waals surface area contributed by atoms with Gasteiger partial charge in [-0.3, -0.25) is 14.3 Å². The monoisotopic (exact) mass is 486 g/mol. The van der Waals surface area contributed by atoms with Crippen LogP contribution in [0.4, 0.5) is 5.69 Å². The number of para-hydroxylation sites is 1. The van der Waals surface area contributed by atoms with Crippen molar-refractivity contribution in [3.05, 3.63) is 64.3 Å². The van der Waals surface area contributed by atoms with E-state index in [-0.39, 0.29) is 18.3 Å². The summed E-state index contributed by atoms with van der Waals surface area (Å²) >= 11 is 3.43. The zero-order chi connectivity index (χ0) is 21.8. The summed E-state index contributed by atoms with van der Waals surface area (Å²) in [6.45, 7) is 1.62. The Morgan fingerprint density at radius 1 is 1.16 bits per heavy atom. The van der Waals surface area contributed by atoms with Gasteiger partial charge in [0.1, 0.15) is 23.8 Å². The summed E-state index contributed by atoms with van der Waals surface area (Å²) in [7, 11) is 1.69. The summed E-state index contributed by atoms with van der Waals surface area (Å²) in [6.07, 6.45) is 4.59. The molecular weight excluding hydrogens is 464 g/mol. The molecule has 0 spiro atoms. The van der Waals surface area contributed by atoms with Crippen LogP contribution in [0.15, 0.2) is 51.5 Å². The Kier molecular flexibility index (Phi) is 6.41. The second kappa shape index (κ2) is 9.38. The fraction of sp³-hybridized carbons (Fsp3) is 0.318. The van der Waals surface area contributed by atoms with Crippen molar-refractivity contribution >= 4 is 33.4 Å². The Morgan fingerprint density at radius 3 is 2.71 bits per heavy atom. The molecule has 0 atom stereocenters. The lowest BCUT2D eigenvalue weighted by atomic mass is 10.1. The van der Waals surface area contributed by atoms with Crippen LogP contribution in [-0.4, -0.2) is 39.6 Å². The fourth-order valence-corrected chi connectivity index (χ4v) is 3.90. The summed E-state index contributed by atoms with van der Waals surface area (Å²) in [5.41, 5.74) is 0.727. The molecule has 1 N–H and O–H groups in total. The summed E-state index contributed by atoms with van der Waals surface area (Å²) in [4.78, 5) is 27.4. The molecule has 9 heteroatoms. The predicted molar refractivity (Wildman–Crippen MR) is 118 cm³/mol. The lowest BCUT2D eigenvalue weighted by molar-refractivity contribution is 0.0714. The molecule has 1 aromatic carbocycles. The van der Waals surface area contributed by atoms with Gasteiger partial charge in [-0.25, -0.2) is 0 Å². The number of benzene rings is 1. The van der Waals surface area contributed by atoms with Crippen LogP contribution in [-0.2, 0) is 13.7 Å². The zero-order valence-corrected chi connectivity index (χ0v) is 18.7. The number of nitrogens with one attached hydrogen (secondary N) is 1. The number of anilines is 1. The molecule has 8 nitrogen and oxygen atoms in total. The third-order valence-electron chi connectivity index (χ3n) is 5.12. The molecule has 31 heavy (non-hydrogen) atoms. The number of nitrogens with zero attached hydrogens (tertiary/aromatic N) is 3. The highest BCUT2D eigenvalue weighted by molar-refractivity contribution is 9.10. The van der Waals surface area contributed by atoms with Crippen molar-refractivity contribution in [3.63, 3.8) is 0 Å². The number of aromatic nitrogens is 2. The van der Waals surface area contributed by atoms with Crippen molar-refractivity contribution in [2.24, 2.45) is 7.05 Å². The second-order valence-electron chi connectivity index (χ2n) is 7.32. The topological polar surface area (TPSA) is 89.6 Å². The number of aryl methyl sites for hydroxylation is 1. The molecule has 1 aliphatic rings. The van der Waals surface area contributed by atoms with E-state index in [1.54, 1.807) is 24.1 Å². The van der Waals surface area contributed by atoms with Crippen molar-refractivity contribution in [1.82, 2.24) is 14.7 Å². The minimum absolute atomic E-state index is 0.128. The number of furan rings is 1. The summed E-state index contributed by atoms with van der Waals surface area (Å²) in [6, 6.07) is 10.8. The van der Waals surface area contributed by atoms with Gasteiger partial charge in [-0.2, -0.15) is 5.10 Å². The molecule has 2 amide bonds. The number of likely N-dealkylation sites (tertiary alicyclic amines) is 1. The van der Waals surface area contributed by atoms with Gasteiger partial charge < -0.3 is 19.4 Å². The Hall–Kier alpha value is -3.07. The lowest BCUT2D eigenvalue weighted by Crippen LogP contribution is -2.37. The molecule has 0 bridgehead atoms. The minimum atomic E-state index is -0.451. The molecule has 1 aliphatic heterocycles. The van der Waals surface area contributed by atoms with Crippen molar-refractivity contribution in [1.29, 1.82) is 0 Å². The Balaban J connectivity index is 1.42. The summed E-state index contributed by atoms with van der Waals surface area (Å²) in [5.74, 6) is 0.744. The van der Waals surface area contributed by atoms with E-state index in [1.807, 2.05) is 24.3 Å². The average Bonchev–Trinajstić information content (AvgIpc) is 3.40. The first kappa shape index (κ1) is 21.2. The number of piperidine rings is 1. The minimum Gasteiger partial charge on any atom is -0.484 e. The Labute approximate surface area is 188 Å². The van der Waals surface area contributed by atoms with Crippen LogP contribution >= 0.6 is 15.9 Å². The van der Waals surface area contributed by atoms with Gasteiger partial charge in [-0.05, 0) is 59.5 Å². The maximum absolute atomic E-state index is 12.9. The maximum atomic E-state index is 12.9. The van der Waals surface area contributed by atoms with Crippen LogP contribution in [0.3, 0.4) is 0 Å². The van der Waals surface area contributed by atoms with Crippen LogP contribution in [0.2, 0.25) is 0 Å². The fourth-order valence-electron chi connectivity index (χ4n) is 3.50. The van der Waals surface area contributed by atoms with Gasteiger partial charge in [0, 0.05) is 20.1 Å². The third-order valence-corrected chi connectivity index (χ3v) is 5.78. The molecule has 4 rings (SSSR count). The Bertz CT molecular complexity index is 1080. The van der Waals surface area contributed by atoms with Gasteiger partial charge in [0.05, 0.1) is 16.4 Å². The van der Waals surface area contributed by atoms with E-state index >= 15 is 0 Å². The number of hydrogen-bond donors (Lipinski definition) is 1. The van der Waals surface area contributed by atoms with E-state index in [4.69, 9.17) is 9.15 Å². The van der Waals surface area contributed by atoms with Crippen LogP contribution < -0.4 is 10.1 Å². The standard InChI is InChI=1S/C22H23BrN4O4/c1-26-20(22(29)27-11-5-2-6-12-27)17(13-24-26)25-21(28)19-10-9-15(31-19)14-30-18-8-4-3-7-16(18)23/h3-4,7-10,13H,2,5-6,11-12,14H2,1H3,(H,25,28). The van der Waals surface area contributed by atoms with Crippen LogP contribution in [0.1, 0.15) is 46.1 Å². The van der Waals surface area contributed by atoms with E-state index in [9.17, 15) is 9.59 Å². The molecular formula is C22H23BrN4O4. The zero-order valence-electron chi connectivity index (χ0n) is 17.1. The first-order chi connectivity index (χ1) is 15.0. The van der Waals surface area contributed by atoms with Crippen LogP contribution in [0.25, 0.3) is 0 Å². The van der Waals surface area contributed by atoms with Crippen molar-refractivity contribution in [3.8, 4) is 5.75 Å². The van der Waals surface area contributed by atoms with Crippen molar-refractivity contribution < 1.29 is 18.7 Å². The predicted octanol–water partition coefficient (Wildman–Crippen LogP) is 4.23. The molecule has 1 fully saturated rings. The molecule has 162 valence electrons. The molecule has 0 saturated carbocycles. The van der Waals surface area contributed by atoms with E-state index in [2.05, 4.69) is 26.3 Å². The van der Waals surface area contributed by atoms with Gasteiger partial charge in [0.25, 0.3) is 11.8 Å². The number of hydrogen-bond acceptors (Lipinski definition) is 5. The third kappa shape index (κ3) is 4.82. The number of halogens is 1. The number of rotatable bonds is 6. The highest BCUT2D eigenvalue weighted by atomic mass is 79.9. The smallest absolute Gasteiger partial charge is 0.291 e. The van der Waals surface area contributed by atoms with E-state index in [1.165, 1.54) is 10.9 Å². The quantitative estimate of drug-likeness (QED) is 0.562. The first-order valence-electron chi connectivity index (χ1n) is 10.1. The maximum Gasteiger partial charge on any atom is 0.291 e. The van der Waals surface area contributed by atoms with Gasteiger partial charge in [0.2, 0.25) is 0 Å². The van der Waals surface area contributed by atoms with E-state index in [0.717, 1.165) is 36.8 Å². The number of carbonyl (C=O) groups excluding carboxylic acids is 2. The molecule has 2 aromatic heterocycles. The number of ether oxygens (including phenoxy) is 1. The van der Waals surface area contributed by atoms with E-state index in [0.29, 0.717) is 22.9 Å². The lowest BCUT2D eigenvalue weighted by Gasteiger charge is -2.27. The molecule has 1 saturated heterocycles. The Morgan fingerprint density at radius 2 is 1.94 bits per heavy atom. The second-order valence-corrected chi connectivity index (χ2v) is 8.18. The average molecular weight is 487 g/mol. The highest BCUT2D eigenvalue weighted by Crippen LogP contribution is 2.25. The largest absolute Gasteiger partial charge is 0.484 e. The van der Waals surface area contributed by atoms with Crippen LogP contribution in [0.5, 0.6) is 5.75 Å². The van der Waals surface area contributed by atoms with Gasteiger partial charge in [-0.1, -0.05) is 12.1 Å². The first-order valence-corrected chi connectivity index (χ1v) is 10.9. The molecule has 0 unspecified atom stereocenters. The van der Waals surface area contributed by atoms with Crippen molar-refractivity contribution in [2.75, 3.05) is 18.4 Å². The molecule has 0 aliphatic carbocycles. The normalized spacial score (nSPS) is 13.8. The number of amides is 2. The molecule has 0 radical (unpaired) electrons. The van der Waals surface area contributed by atoms with Gasteiger partial charge in [-0.15, -0.1) is 0 Å². The summed E-state index contributed by atoms with van der Waals surface area (Å²) in [5, 5.41) is 6.91. The van der Waals surface area contributed by atoms with Crippen LogP contribution in [0, 0.1) is 0 Å². The SMILES string of the molecule is Cn1ncc(NC(=O)c2ccc(COc3ccccc3Br)o2)c1C(=O)N1CCCCC1. The number of carbonyl (C=O) groups is 2. The van der Waals surface area contributed by atoms with Crippen molar-refractivity contribution in [2.45, 2.75) is 25.9 Å². The summed E-state index contributed by atoms with van der Waals surface area (Å²) < 4.78 is 13.7.